The lowest BCUT2D eigenvalue weighted by Gasteiger charge is -2.17. The van der Waals surface area contributed by atoms with E-state index in [1.54, 1.807) is 20.8 Å². The lowest BCUT2D eigenvalue weighted by Crippen LogP contribution is -2.30. The fraction of sp³-hybridized carbons (Fsp3) is 0.250. The summed E-state index contributed by atoms with van der Waals surface area (Å²) in [5, 5.41) is 4.76. The molecule has 2 aromatic carbocycles. The summed E-state index contributed by atoms with van der Waals surface area (Å²) in [7, 11) is -3.09. The molecule has 0 heterocycles. The van der Waals surface area contributed by atoms with E-state index in [-0.39, 0.29) is 23.0 Å². The normalized spacial score (nSPS) is 11.5. The zero-order valence-corrected chi connectivity index (χ0v) is 18.7. The van der Waals surface area contributed by atoms with Gasteiger partial charge in [-0.2, -0.15) is 0 Å². The number of nitrogens with one attached hydrogen (secondary N) is 3. The van der Waals surface area contributed by atoms with Crippen molar-refractivity contribution in [1.82, 2.24) is 5.32 Å². The number of carbonyl (C=O) groups is 3. The molecule has 0 unspecified atom stereocenters. The van der Waals surface area contributed by atoms with Gasteiger partial charge in [0.15, 0.2) is 7.85 Å². The lowest BCUT2D eigenvalue weighted by molar-refractivity contribution is -0.123. The molecule has 0 atom stereocenters. The van der Waals surface area contributed by atoms with Crippen molar-refractivity contribution in [3.05, 3.63) is 53.6 Å². The quantitative estimate of drug-likeness (QED) is 0.537. The van der Waals surface area contributed by atoms with Crippen molar-refractivity contribution in [2.24, 2.45) is 5.41 Å². The highest BCUT2D eigenvalue weighted by molar-refractivity contribution is 7.92. The molecule has 0 aromatic heterocycles. The molecule has 2 rings (SSSR count). The van der Waals surface area contributed by atoms with Gasteiger partial charge in [0.1, 0.15) is 17.3 Å². The Morgan fingerprint density at radius 3 is 2.12 bits per heavy atom. The second-order valence-corrected chi connectivity index (χ2v) is 9.71. The van der Waals surface area contributed by atoms with Crippen molar-refractivity contribution in [3.63, 3.8) is 0 Å². The molecule has 0 saturated carbocycles. The van der Waals surface area contributed by atoms with Crippen LogP contribution in [0.5, 0.6) is 0 Å². The smallest absolute Gasteiger partial charge is 0.261 e. The predicted molar refractivity (Wildman–Crippen MR) is 118 cm³/mol. The van der Waals surface area contributed by atoms with Gasteiger partial charge in [0.2, 0.25) is 5.91 Å². The molecule has 8 nitrogen and oxygen atoms in total. The van der Waals surface area contributed by atoms with Gasteiger partial charge in [-0.05, 0) is 30.3 Å². The van der Waals surface area contributed by atoms with Crippen LogP contribution >= 0.6 is 0 Å². The Morgan fingerprint density at radius 1 is 1.00 bits per heavy atom. The van der Waals surface area contributed by atoms with E-state index in [2.05, 4.69) is 10.6 Å². The Bertz CT molecular complexity index is 1160. The summed E-state index contributed by atoms with van der Waals surface area (Å²) < 4.78 is 55.7. The van der Waals surface area contributed by atoms with Crippen LogP contribution in [0.3, 0.4) is 0 Å². The molecule has 0 aliphatic heterocycles. The molecule has 2 amide bonds. The molecule has 170 valence electrons. The van der Waals surface area contributed by atoms with Gasteiger partial charge in [-0.25, -0.2) is 17.2 Å². The van der Waals surface area contributed by atoms with Crippen molar-refractivity contribution in [3.8, 4) is 0 Å². The van der Waals surface area contributed by atoms with Gasteiger partial charge in [0, 0.05) is 17.2 Å². The Hall–Kier alpha value is -3.28. The molecule has 3 N–H and O–H groups in total. The number of carbonyl (C=O) groups excluding carboxylic acids is 3. The van der Waals surface area contributed by atoms with Gasteiger partial charge in [-0.3, -0.25) is 14.3 Å². The first-order chi connectivity index (χ1) is 14.7. The molecule has 0 aliphatic rings. The van der Waals surface area contributed by atoms with Crippen molar-refractivity contribution in [2.45, 2.75) is 25.7 Å². The first-order valence-electron chi connectivity index (χ1n) is 9.42. The van der Waals surface area contributed by atoms with Gasteiger partial charge in [0.05, 0.1) is 22.7 Å². The van der Waals surface area contributed by atoms with Crippen LogP contribution in [-0.4, -0.2) is 40.3 Å². The van der Waals surface area contributed by atoms with Crippen LogP contribution in [0.2, 0.25) is 0 Å². The SMILES string of the molecule is BC(=O)CNC(=O)c1cc(F)c(NS(=O)(=O)c2ccc(NC(=O)C(C)(C)C)cc2)cc1F. The summed E-state index contributed by atoms with van der Waals surface area (Å²) in [4.78, 5) is 34.5. The molecule has 0 fully saturated rings. The van der Waals surface area contributed by atoms with Gasteiger partial charge < -0.3 is 15.4 Å². The summed E-state index contributed by atoms with van der Waals surface area (Å²) in [5.74, 6) is -3.64. The fourth-order valence-electron chi connectivity index (χ4n) is 2.34. The Balaban J connectivity index is 2.21. The minimum absolute atomic E-state index is 0.255. The van der Waals surface area contributed by atoms with Crippen molar-refractivity contribution < 1.29 is 31.6 Å². The van der Waals surface area contributed by atoms with E-state index in [1.165, 1.54) is 32.1 Å². The third-order valence-electron chi connectivity index (χ3n) is 4.15. The van der Waals surface area contributed by atoms with Crippen molar-refractivity contribution in [1.29, 1.82) is 0 Å². The molecular weight excluding hydrogens is 443 g/mol. The van der Waals surface area contributed by atoms with Crippen molar-refractivity contribution >= 4 is 46.7 Å². The highest BCUT2D eigenvalue weighted by atomic mass is 32.2. The number of hydrogen-bond donors (Lipinski definition) is 3. The monoisotopic (exact) mass is 465 g/mol. The minimum atomic E-state index is -4.30. The third-order valence-corrected chi connectivity index (χ3v) is 5.53. The molecule has 0 saturated heterocycles. The molecule has 2 aromatic rings. The average Bonchev–Trinajstić information content (AvgIpc) is 2.68. The van der Waals surface area contributed by atoms with E-state index >= 15 is 0 Å². The molecule has 0 radical (unpaired) electrons. The molecule has 12 heteroatoms. The number of amides is 2. The zero-order chi connectivity index (χ0) is 24.3. The summed E-state index contributed by atoms with van der Waals surface area (Å²) in [5.41, 5.74) is -2.04. The predicted octanol–water partition coefficient (Wildman–Crippen LogP) is 1.64. The fourth-order valence-corrected chi connectivity index (χ4v) is 3.40. The molecular formula is C20H22BF2N3O5S. The summed E-state index contributed by atoms with van der Waals surface area (Å²) >= 11 is 0. The molecule has 0 aliphatic carbocycles. The van der Waals surface area contributed by atoms with Crippen LogP contribution < -0.4 is 15.4 Å². The van der Waals surface area contributed by atoms with Crippen molar-refractivity contribution in [2.75, 3.05) is 16.6 Å². The molecule has 0 bridgehead atoms. The van der Waals surface area contributed by atoms with Gasteiger partial charge in [0.25, 0.3) is 15.9 Å². The minimum Gasteiger partial charge on any atom is -0.346 e. The van der Waals surface area contributed by atoms with E-state index in [9.17, 15) is 31.6 Å². The highest BCUT2D eigenvalue weighted by Crippen LogP contribution is 2.24. The Labute approximate surface area is 185 Å². The second kappa shape index (κ2) is 9.47. The highest BCUT2D eigenvalue weighted by Gasteiger charge is 2.23. The average molecular weight is 465 g/mol. The zero-order valence-electron chi connectivity index (χ0n) is 17.9. The number of halogens is 2. The Morgan fingerprint density at radius 2 is 1.59 bits per heavy atom. The van der Waals surface area contributed by atoms with Gasteiger partial charge >= 0.3 is 0 Å². The first kappa shape index (κ1) is 25.0. The topological polar surface area (TPSA) is 121 Å². The third kappa shape index (κ3) is 6.36. The number of anilines is 2. The van der Waals surface area contributed by atoms with Gasteiger partial charge in [-0.1, -0.05) is 20.8 Å². The van der Waals surface area contributed by atoms with E-state index in [4.69, 9.17) is 0 Å². The van der Waals surface area contributed by atoms with E-state index < -0.39 is 44.2 Å². The van der Waals surface area contributed by atoms with Crippen LogP contribution in [0.1, 0.15) is 31.1 Å². The van der Waals surface area contributed by atoms with Crippen LogP contribution in [0.4, 0.5) is 20.2 Å². The van der Waals surface area contributed by atoms with Gasteiger partial charge in [-0.15, -0.1) is 0 Å². The summed E-state index contributed by atoms with van der Waals surface area (Å²) in [6.45, 7) is 4.80. The maximum Gasteiger partial charge on any atom is 0.261 e. The maximum absolute atomic E-state index is 14.4. The van der Waals surface area contributed by atoms with Crippen LogP contribution in [0.25, 0.3) is 0 Å². The first-order valence-corrected chi connectivity index (χ1v) is 10.9. The molecule has 32 heavy (non-hydrogen) atoms. The number of sulfonamides is 1. The number of benzene rings is 2. The number of rotatable bonds is 7. The Kier molecular flexibility index (Phi) is 7.40. The molecule has 0 spiro atoms. The number of hydrogen-bond acceptors (Lipinski definition) is 5. The van der Waals surface area contributed by atoms with E-state index in [0.717, 1.165) is 0 Å². The van der Waals surface area contributed by atoms with Crippen LogP contribution in [0, 0.1) is 17.0 Å². The largest absolute Gasteiger partial charge is 0.346 e. The van der Waals surface area contributed by atoms with Crippen LogP contribution in [-0.2, 0) is 19.6 Å². The van der Waals surface area contributed by atoms with Crippen LogP contribution in [0.15, 0.2) is 41.3 Å². The van der Waals surface area contributed by atoms with E-state index in [1.807, 2.05) is 4.72 Å². The summed E-state index contributed by atoms with van der Waals surface area (Å²) in [6.07, 6.45) is 0. The maximum atomic E-state index is 14.4. The lowest BCUT2D eigenvalue weighted by atomic mass is 9.95. The summed E-state index contributed by atoms with van der Waals surface area (Å²) in [6, 6.07) is 6.17. The van der Waals surface area contributed by atoms with E-state index in [0.29, 0.717) is 17.8 Å². The standard InChI is InChI=1S/C20H22BF2N3O5S/c1-20(2,3)19(29)25-11-4-6-12(7-5-11)32(30,31)26-16-9-14(22)13(8-15(16)23)18(28)24-10-17(21)27/h4-9,26H,10,21H2,1-3H3,(H,24,28)(H,25,29). The second-order valence-electron chi connectivity index (χ2n) is 8.03.